The van der Waals surface area contributed by atoms with Gasteiger partial charge in [0.05, 0.1) is 23.3 Å². The molecule has 0 unspecified atom stereocenters. The number of furan rings is 1. The number of rotatable bonds is 9. The molecule has 162 valence electrons. The lowest BCUT2D eigenvalue weighted by atomic mass is 10.1. The molecule has 0 spiro atoms. The van der Waals surface area contributed by atoms with Gasteiger partial charge >= 0.3 is 0 Å². The number of halogens is 1. The molecule has 0 atom stereocenters. The molecule has 0 aliphatic heterocycles. The average Bonchev–Trinajstić information content (AvgIpc) is 3.21. The molecular formula is C22H21FN2O5S. The van der Waals surface area contributed by atoms with Gasteiger partial charge in [0.1, 0.15) is 5.82 Å². The average molecular weight is 444 g/mol. The summed E-state index contributed by atoms with van der Waals surface area (Å²) in [7, 11) is -3.63. The van der Waals surface area contributed by atoms with E-state index in [0.717, 1.165) is 0 Å². The Morgan fingerprint density at radius 3 is 2.29 bits per heavy atom. The van der Waals surface area contributed by atoms with E-state index in [1.54, 1.807) is 18.2 Å². The van der Waals surface area contributed by atoms with E-state index >= 15 is 0 Å². The summed E-state index contributed by atoms with van der Waals surface area (Å²) in [6.45, 7) is 0.295. The monoisotopic (exact) mass is 444 g/mol. The SMILES string of the molecule is O=C(Cc1ccc(F)cc1)NCCNC(=O)c1occc1CS(=O)(=O)c1ccccc1. The van der Waals surface area contributed by atoms with Gasteiger partial charge in [-0.05, 0) is 35.9 Å². The van der Waals surface area contributed by atoms with Crippen LogP contribution in [0, 0.1) is 5.82 Å². The fourth-order valence-electron chi connectivity index (χ4n) is 2.87. The van der Waals surface area contributed by atoms with E-state index in [1.165, 1.54) is 48.7 Å². The number of hydrogen-bond donors (Lipinski definition) is 2. The van der Waals surface area contributed by atoms with Crippen LogP contribution in [0.25, 0.3) is 0 Å². The van der Waals surface area contributed by atoms with Crippen molar-refractivity contribution in [1.82, 2.24) is 10.6 Å². The Morgan fingerprint density at radius 2 is 1.58 bits per heavy atom. The molecule has 0 aliphatic carbocycles. The Bertz CT molecular complexity index is 1140. The highest BCUT2D eigenvalue weighted by molar-refractivity contribution is 7.90. The van der Waals surface area contributed by atoms with Gasteiger partial charge in [-0.15, -0.1) is 0 Å². The smallest absolute Gasteiger partial charge is 0.287 e. The summed E-state index contributed by atoms with van der Waals surface area (Å²) < 4.78 is 43.1. The minimum absolute atomic E-state index is 0.0860. The van der Waals surface area contributed by atoms with E-state index in [9.17, 15) is 22.4 Å². The second-order valence-electron chi connectivity index (χ2n) is 6.76. The highest BCUT2D eigenvalue weighted by Crippen LogP contribution is 2.19. The first-order valence-electron chi connectivity index (χ1n) is 9.49. The second kappa shape index (κ2) is 10.0. The summed E-state index contributed by atoms with van der Waals surface area (Å²) >= 11 is 0. The third-order valence-corrected chi connectivity index (χ3v) is 6.09. The Morgan fingerprint density at radius 1 is 0.903 bits per heavy atom. The zero-order valence-corrected chi connectivity index (χ0v) is 17.3. The normalized spacial score (nSPS) is 11.1. The zero-order chi connectivity index (χ0) is 22.3. The highest BCUT2D eigenvalue weighted by Gasteiger charge is 2.22. The molecule has 2 amide bonds. The Kier molecular flexibility index (Phi) is 7.19. The van der Waals surface area contributed by atoms with Crippen molar-refractivity contribution < 1.29 is 26.8 Å². The molecule has 0 fully saturated rings. The van der Waals surface area contributed by atoms with Crippen LogP contribution >= 0.6 is 0 Å². The maximum atomic E-state index is 12.9. The third kappa shape index (κ3) is 6.26. The molecule has 1 aromatic heterocycles. The number of amides is 2. The van der Waals surface area contributed by atoms with Gasteiger partial charge in [-0.2, -0.15) is 0 Å². The molecule has 31 heavy (non-hydrogen) atoms. The summed E-state index contributed by atoms with van der Waals surface area (Å²) in [6, 6.07) is 15.0. The molecule has 0 bridgehead atoms. The largest absolute Gasteiger partial charge is 0.459 e. The molecule has 0 saturated carbocycles. The molecule has 0 aliphatic rings. The van der Waals surface area contributed by atoms with Crippen molar-refractivity contribution in [1.29, 1.82) is 0 Å². The van der Waals surface area contributed by atoms with Gasteiger partial charge in [0, 0.05) is 18.7 Å². The molecule has 7 nitrogen and oxygen atoms in total. The molecule has 0 radical (unpaired) electrons. The lowest BCUT2D eigenvalue weighted by Crippen LogP contribution is -2.35. The number of carbonyl (C=O) groups excluding carboxylic acids is 2. The Labute approximate surface area is 179 Å². The van der Waals surface area contributed by atoms with Crippen molar-refractivity contribution >= 4 is 21.7 Å². The van der Waals surface area contributed by atoms with E-state index in [1.807, 2.05) is 0 Å². The maximum Gasteiger partial charge on any atom is 0.287 e. The quantitative estimate of drug-likeness (QED) is 0.494. The van der Waals surface area contributed by atoms with Crippen LogP contribution < -0.4 is 10.6 Å². The van der Waals surface area contributed by atoms with Crippen molar-refractivity contribution in [3.05, 3.63) is 89.6 Å². The molecule has 3 aromatic rings. The molecular weight excluding hydrogens is 423 g/mol. The summed E-state index contributed by atoms with van der Waals surface area (Å²) in [5.41, 5.74) is 0.921. The topological polar surface area (TPSA) is 105 Å². The fraction of sp³-hybridized carbons (Fsp3) is 0.182. The number of hydrogen-bond acceptors (Lipinski definition) is 5. The van der Waals surface area contributed by atoms with E-state index < -0.39 is 15.7 Å². The van der Waals surface area contributed by atoms with Crippen LogP contribution in [0.1, 0.15) is 21.7 Å². The van der Waals surface area contributed by atoms with Gasteiger partial charge in [-0.3, -0.25) is 9.59 Å². The zero-order valence-electron chi connectivity index (χ0n) is 16.5. The molecule has 9 heteroatoms. The first kappa shape index (κ1) is 22.2. The number of sulfone groups is 1. The molecule has 2 N–H and O–H groups in total. The Hall–Kier alpha value is -3.46. The Balaban J connectivity index is 1.49. The first-order valence-corrected chi connectivity index (χ1v) is 11.1. The van der Waals surface area contributed by atoms with Gasteiger partial charge in [-0.25, -0.2) is 12.8 Å². The minimum Gasteiger partial charge on any atom is -0.459 e. The van der Waals surface area contributed by atoms with Crippen molar-refractivity contribution in [2.75, 3.05) is 13.1 Å². The highest BCUT2D eigenvalue weighted by atomic mass is 32.2. The summed E-state index contributed by atoms with van der Waals surface area (Å²) in [5.74, 6) is -1.67. The fourth-order valence-corrected chi connectivity index (χ4v) is 4.25. The molecule has 2 aromatic carbocycles. The van der Waals surface area contributed by atoms with E-state index in [4.69, 9.17) is 4.42 Å². The third-order valence-electron chi connectivity index (χ3n) is 4.41. The van der Waals surface area contributed by atoms with Crippen LogP contribution in [0.15, 0.2) is 76.2 Å². The van der Waals surface area contributed by atoms with Crippen molar-refractivity contribution in [3.8, 4) is 0 Å². The van der Waals surface area contributed by atoms with Crippen molar-refractivity contribution in [2.45, 2.75) is 17.1 Å². The van der Waals surface area contributed by atoms with Crippen molar-refractivity contribution in [3.63, 3.8) is 0 Å². The predicted octanol–water partition coefficient (Wildman–Crippen LogP) is 2.48. The maximum absolute atomic E-state index is 12.9. The lowest BCUT2D eigenvalue weighted by molar-refractivity contribution is -0.120. The summed E-state index contributed by atoms with van der Waals surface area (Å²) in [6.07, 6.45) is 1.35. The van der Waals surface area contributed by atoms with Crippen LogP contribution in [0.3, 0.4) is 0 Å². The lowest BCUT2D eigenvalue weighted by Gasteiger charge is -2.08. The molecule has 3 rings (SSSR count). The van der Waals surface area contributed by atoms with Gasteiger partial charge in [0.15, 0.2) is 15.6 Å². The number of benzene rings is 2. The second-order valence-corrected chi connectivity index (χ2v) is 8.75. The van der Waals surface area contributed by atoms with Crippen molar-refractivity contribution in [2.24, 2.45) is 0 Å². The van der Waals surface area contributed by atoms with E-state index in [2.05, 4.69) is 10.6 Å². The summed E-state index contributed by atoms with van der Waals surface area (Å²) in [4.78, 5) is 24.4. The molecule has 0 saturated heterocycles. The van der Waals surface area contributed by atoms with Crippen LogP contribution in [-0.2, 0) is 26.8 Å². The van der Waals surface area contributed by atoms with Gasteiger partial charge in [0.25, 0.3) is 5.91 Å². The van der Waals surface area contributed by atoms with Gasteiger partial charge < -0.3 is 15.1 Å². The van der Waals surface area contributed by atoms with Gasteiger partial charge in [0.2, 0.25) is 5.91 Å². The number of nitrogens with one attached hydrogen (secondary N) is 2. The number of carbonyl (C=O) groups is 2. The first-order chi connectivity index (χ1) is 14.8. The van der Waals surface area contributed by atoms with E-state index in [-0.39, 0.29) is 53.2 Å². The summed E-state index contributed by atoms with van der Waals surface area (Å²) in [5, 5.41) is 5.23. The van der Waals surface area contributed by atoms with Crippen LogP contribution in [0.5, 0.6) is 0 Å². The minimum atomic E-state index is -3.63. The van der Waals surface area contributed by atoms with E-state index in [0.29, 0.717) is 5.56 Å². The van der Waals surface area contributed by atoms with Crippen LogP contribution in [0.2, 0.25) is 0 Å². The standard InChI is InChI=1S/C22H21FN2O5S/c23-18-8-6-16(7-9-18)14-20(26)24-11-12-25-22(27)21-17(10-13-30-21)15-31(28,29)19-4-2-1-3-5-19/h1-10,13H,11-12,14-15H2,(H,24,26)(H,25,27). The van der Waals surface area contributed by atoms with Crippen LogP contribution in [0.4, 0.5) is 4.39 Å². The molecule has 1 heterocycles. The van der Waals surface area contributed by atoms with Crippen LogP contribution in [-0.4, -0.2) is 33.3 Å². The van der Waals surface area contributed by atoms with Gasteiger partial charge in [-0.1, -0.05) is 30.3 Å². The predicted molar refractivity (Wildman–Crippen MR) is 111 cm³/mol.